The Labute approximate surface area is 183 Å². The summed E-state index contributed by atoms with van der Waals surface area (Å²) in [6.45, 7) is 10.2. The first kappa shape index (κ1) is 22.0. The molecule has 2 spiro atoms. The van der Waals surface area contributed by atoms with Gasteiger partial charge in [-0.05, 0) is 57.2 Å². The molecule has 3 aliphatic rings. The highest BCUT2D eigenvalue weighted by Crippen LogP contribution is 2.53. The highest BCUT2D eigenvalue weighted by Gasteiger charge is 2.60. The van der Waals surface area contributed by atoms with Gasteiger partial charge in [0.05, 0.1) is 24.9 Å². The summed E-state index contributed by atoms with van der Waals surface area (Å²) in [4.78, 5) is 32.1. The number of carbonyl (C=O) groups is 2. The number of hydroxylamine groups is 2. The molecular weight excluding hydrogens is 398 g/mol. The minimum Gasteiger partial charge on any atom is -0.428 e. The standard InChI is InChI=1S/C24H31NO6/c1-15(2)31-25-22(27)20(19-16(3)7-6-8-17(19)4)21(30-18(5)26)23(25)9-11-24(12-10-23)28-13-14-29-24/h6-8,15H,9-14H2,1-5H3. The van der Waals surface area contributed by atoms with Gasteiger partial charge in [0.15, 0.2) is 5.79 Å². The minimum atomic E-state index is -0.877. The van der Waals surface area contributed by atoms with Crippen LogP contribution in [0.15, 0.2) is 24.0 Å². The number of rotatable bonds is 4. The Bertz CT molecular complexity index is 898. The van der Waals surface area contributed by atoms with Crippen LogP contribution in [0.1, 0.15) is 63.1 Å². The molecule has 0 bridgehead atoms. The van der Waals surface area contributed by atoms with E-state index in [2.05, 4.69) is 0 Å². The number of benzene rings is 1. The zero-order valence-electron chi connectivity index (χ0n) is 18.9. The van der Waals surface area contributed by atoms with Gasteiger partial charge < -0.3 is 14.2 Å². The first-order valence-electron chi connectivity index (χ1n) is 11.0. The summed E-state index contributed by atoms with van der Waals surface area (Å²) in [7, 11) is 0. The Morgan fingerprint density at radius 3 is 2.16 bits per heavy atom. The maximum absolute atomic E-state index is 13.8. The van der Waals surface area contributed by atoms with Crippen molar-refractivity contribution in [3.05, 3.63) is 40.6 Å². The molecule has 1 aromatic rings. The van der Waals surface area contributed by atoms with E-state index in [1.807, 2.05) is 45.9 Å². The number of carbonyl (C=O) groups excluding carboxylic acids is 2. The van der Waals surface area contributed by atoms with E-state index >= 15 is 0 Å². The molecule has 1 saturated heterocycles. The molecule has 168 valence electrons. The summed E-state index contributed by atoms with van der Waals surface area (Å²) in [5.41, 5.74) is 2.23. The molecule has 0 aromatic heterocycles. The molecule has 2 fully saturated rings. The fourth-order valence-corrected chi connectivity index (χ4v) is 5.06. The molecular formula is C24H31NO6. The predicted molar refractivity (Wildman–Crippen MR) is 114 cm³/mol. The molecule has 7 nitrogen and oxygen atoms in total. The maximum atomic E-state index is 13.8. The van der Waals surface area contributed by atoms with E-state index in [0.29, 0.717) is 50.2 Å². The summed E-state index contributed by atoms with van der Waals surface area (Å²) in [5, 5.41) is 1.46. The normalized spacial score (nSPS) is 22.3. The summed E-state index contributed by atoms with van der Waals surface area (Å²) in [6.07, 6.45) is 1.99. The van der Waals surface area contributed by atoms with E-state index in [9.17, 15) is 9.59 Å². The Kier molecular flexibility index (Phi) is 5.70. The number of ether oxygens (including phenoxy) is 3. The number of nitrogens with zero attached hydrogens (tertiary/aromatic N) is 1. The van der Waals surface area contributed by atoms with Gasteiger partial charge in [0.25, 0.3) is 5.91 Å². The van der Waals surface area contributed by atoms with Crippen molar-refractivity contribution in [2.45, 2.75) is 77.7 Å². The third-order valence-corrected chi connectivity index (χ3v) is 6.38. The van der Waals surface area contributed by atoms with Crippen LogP contribution in [-0.2, 0) is 28.6 Å². The van der Waals surface area contributed by atoms with Gasteiger partial charge in [-0.15, -0.1) is 0 Å². The fraction of sp³-hybridized carbons (Fsp3) is 0.583. The van der Waals surface area contributed by atoms with Gasteiger partial charge in [-0.3, -0.25) is 14.4 Å². The number of hydrogen-bond donors (Lipinski definition) is 0. The Morgan fingerprint density at radius 1 is 1.06 bits per heavy atom. The molecule has 1 saturated carbocycles. The zero-order valence-corrected chi connectivity index (χ0v) is 18.9. The van der Waals surface area contributed by atoms with Crippen molar-refractivity contribution < 1.29 is 28.6 Å². The van der Waals surface area contributed by atoms with Crippen molar-refractivity contribution in [2.24, 2.45) is 0 Å². The summed E-state index contributed by atoms with van der Waals surface area (Å²) >= 11 is 0. The minimum absolute atomic E-state index is 0.216. The first-order valence-corrected chi connectivity index (χ1v) is 11.0. The van der Waals surface area contributed by atoms with Crippen molar-refractivity contribution >= 4 is 17.4 Å². The Morgan fingerprint density at radius 2 is 1.65 bits per heavy atom. The lowest BCUT2D eigenvalue weighted by Crippen LogP contribution is -2.55. The fourth-order valence-electron chi connectivity index (χ4n) is 5.06. The Balaban J connectivity index is 1.87. The molecule has 2 heterocycles. The lowest BCUT2D eigenvalue weighted by Gasteiger charge is -2.46. The molecule has 31 heavy (non-hydrogen) atoms. The molecule has 1 aromatic carbocycles. The molecule has 2 aliphatic heterocycles. The van der Waals surface area contributed by atoms with Gasteiger partial charge in [0.2, 0.25) is 0 Å². The van der Waals surface area contributed by atoms with Crippen LogP contribution in [-0.4, -0.2) is 47.6 Å². The third kappa shape index (κ3) is 3.69. The highest BCUT2D eigenvalue weighted by molar-refractivity contribution is 6.23. The number of esters is 1. The van der Waals surface area contributed by atoms with Crippen LogP contribution >= 0.6 is 0 Å². The van der Waals surface area contributed by atoms with E-state index in [1.165, 1.54) is 12.0 Å². The Hall–Kier alpha value is -2.22. The van der Waals surface area contributed by atoms with Crippen LogP contribution in [0.4, 0.5) is 0 Å². The van der Waals surface area contributed by atoms with E-state index in [1.54, 1.807) is 0 Å². The van der Waals surface area contributed by atoms with Crippen molar-refractivity contribution in [3.8, 4) is 0 Å². The number of amides is 1. The monoisotopic (exact) mass is 429 g/mol. The lowest BCUT2D eigenvalue weighted by molar-refractivity contribution is -0.253. The van der Waals surface area contributed by atoms with E-state index < -0.39 is 17.3 Å². The maximum Gasteiger partial charge on any atom is 0.307 e. The average Bonchev–Trinajstić information content (AvgIpc) is 3.23. The van der Waals surface area contributed by atoms with E-state index in [-0.39, 0.29) is 12.0 Å². The molecule has 0 radical (unpaired) electrons. The molecule has 4 rings (SSSR count). The molecule has 1 amide bonds. The van der Waals surface area contributed by atoms with Crippen molar-refractivity contribution in [3.63, 3.8) is 0 Å². The van der Waals surface area contributed by atoms with E-state index in [4.69, 9.17) is 19.0 Å². The van der Waals surface area contributed by atoms with Crippen LogP contribution in [0.2, 0.25) is 0 Å². The van der Waals surface area contributed by atoms with Gasteiger partial charge in [-0.1, -0.05) is 18.2 Å². The van der Waals surface area contributed by atoms with Gasteiger partial charge in [0.1, 0.15) is 11.3 Å². The number of hydrogen-bond acceptors (Lipinski definition) is 6. The van der Waals surface area contributed by atoms with Gasteiger partial charge in [-0.2, -0.15) is 0 Å². The van der Waals surface area contributed by atoms with Crippen molar-refractivity contribution in [1.29, 1.82) is 0 Å². The van der Waals surface area contributed by atoms with Crippen LogP contribution in [0.25, 0.3) is 5.57 Å². The summed E-state index contributed by atoms with van der Waals surface area (Å²) in [6, 6.07) is 5.88. The first-order chi connectivity index (χ1) is 14.7. The van der Waals surface area contributed by atoms with Crippen LogP contribution in [0.3, 0.4) is 0 Å². The van der Waals surface area contributed by atoms with Crippen LogP contribution in [0, 0.1) is 13.8 Å². The average molecular weight is 430 g/mol. The summed E-state index contributed by atoms with van der Waals surface area (Å²) < 4.78 is 17.6. The summed E-state index contributed by atoms with van der Waals surface area (Å²) in [5.74, 6) is -0.964. The van der Waals surface area contributed by atoms with Gasteiger partial charge in [-0.25, -0.2) is 5.06 Å². The molecule has 1 aliphatic carbocycles. The lowest BCUT2D eigenvalue weighted by atomic mass is 9.77. The highest BCUT2D eigenvalue weighted by atomic mass is 16.7. The van der Waals surface area contributed by atoms with Crippen molar-refractivity contribution in [2.75, 3.05) is 13.2 Å². The second kappa shape index (κ2) is 8.04. The SMILES string of the molecule is CC(=O)OC1=C(c2c(C)cccc2C)C(=O)N(OC(C)C)C12CCC1(CC2)OCCO1. The topological polar surface area (TPSA) is 74.3 Å². The second-order valence-electron chi connectivity index (χ2n) is 8.96. The number of aryl methyl sites for hydroxylation is 2. The smallest absolute Gasteiger partial charge is 0.307 e. The largest absolute Gasteiger partial charge is 0.428 e. The van der Waals surface area contributed by atoms with Crippen LogP contribution < -0.4 is 0 Å². The van der Waals surface area contributed by atoms with Gasteiger partial charge >= 0.3 is 5.97 Å². The molecule has 0 unspecified atom stereocenters. The van der Waals surface area contributed by atoms with Crippen LogP contribution in [0.5, 0.6) is 0 Å². The second-order valence-corrected chi connectivity index (χ2v) is 8.96. The van der Waals surface area contributed by atoms with E-state index in [0.717, 1.165) is 16.7 Å². The third-order valence-electron chi connectivity index (χ3n) is 6.38. The quantitative estimate of drug-likeness (QED) is 0.678. The zero-order chi connectivity index (χ0) is 22.4. The predicted octanol–water partition coefficient (Wildman–Crippen LogP) is 3.82. The van der Waals surface area contributed by atoms with Gasteiger partial charge in [0, 0.05) is 19.8 Å². The molecule has 7 heteroatoms. The molecule has 0 atom stereocenters. The van der Waals surface area contributed by atoms with Crippen molar-refractivity contribution in [1.82, 2.24) is 5.06 Å². The molecule has 0 N–H and O–H groups in total.